The molecule has 0 saturated carbocycles. The van der Waals surface area contributed by atoms with Gasteiger partial charge in [-0.1, -0.05) is 29.8 Å². The highest BCUT2D eigenvalue weighted by Gasteiger charge is 2.33. The Labute approximate surface area is 132 Å². The molecule has 2 aromatic rings. The summed E-state index contributed by atoms with van der Waals surface area (Å²) < 4.78 is 0. The van der Waals surface area contributed by atoms with Crippen LogP contribution in [0.4, 0.5) is 5.69 Å². The normalized spacial score (nSPS) is 17.2. The van der Waals surface area contributed by atoms with Crippen molar-refractivity contribution in [2.24, 2.45) is 0 Å². The van der Waals surface area contributed by atoms with E-state index < -0.39 is 6.10 Å². The number of carbonyl (C=O) groups excluding carboxylic acids is 1. The van der Waals surface area contributed by atoms with Gasteiger partial charge in [0, 0.05) is 28.3 Å². The molecule has 1 aliphatic heterocycles. The number of hydrogen-bond donors (Lipinski definition) is 1. The molecule has 1 atom stereocenters. The number of carbonyl (C=O) groups is 1. The SMILES string of the molecule is CN1C(=O)C(O)c2ccc(SCc3ccc(Cl)cc3)cc21. The van der Waals surface area contributed by atoms with E-state index in [1.54, 1.807) is 18.8 Å². The molecule has 5 heteroatoms. The van der Waals surface area contributed by atoms with E-state index in [4.69, 9.17) is 11.6 Å². The summed E-state index contributed by atoms with van der Waals surface area (Å²) in [6.45, 7) is 0. The maximum absolute atomic E-state index is 11.7. The van der Waals surface area contributed by atoms with Crippen molar-refractivity contribution in [3.8, 4) is 0 Å². The van der Waals surface area contributed by atoms with Crippen molar-refractivity contribution in [2.45, 2.75) is 16.8 Å². The summed E-state index contributed by atoms with van der Waals surface area (Å²) in [4.78, 5) is 14.3. The summed E-state index contributed by atoms with van der Waals surface area (Å²) in [5.74, 6) is 0.556. The number of rotatable bonds is 3. The molecular formula is C16H14ClNO2S. The summed E-state index contributed by atoms with van der Waals surface area (Å²) in [6.07, 6.45) is -1.03. The van der Waals surface area contributed by atoms with Crippen molar-refractivity contribution < 1.29 is 9.90 Å². The van der Waals surface area contributed by atoms with Crippen LogP contribution in [0.5, 0.6) is 0 Å². The molecule has 0 aromatic heterocycles. The third-order valence-corrected chi connectivity index (χ3v) is 4.86. The van der Waals surface area contributed by atoms with Crippen LogP contribution in [0, 0.1) is 0 Å². The monoisotopic (exact) mass is 319 g/mol. The standard InChI is InChI=1S/C16H14ClNO2S/c1-18-14-8-12(6-7-13(14)15(19)16(18)20)21-9-10-2-4-11(17)5-3-10/h2-8,15,19H,9H2,1H3. The van der Waals surface area contributed by atoms with Gasteiger partial charge in [-0.3, -0.25) is 4.79 Å². The van der Waals surface area contributed by atoms with Gasteiger partial charge in [0.05, 0.1) is 5.69 Å². The summed E-state index contributed by atoms with van der Waals surface area (Å²) in [5.41, 5.74) is 2.65. The lowest BCUT2D eigenvalue weighted by molar-refractivity contribution is -0.125. The van der Waals surface area contributed by atoms with Gasteiger partial charge in [-0.15, -0.1) is 11.8 Å². The first-order valence-electron chi connectivity index (χ1n) is 6.53. The predicted octanol–water partition coefficient (Wildman–Crippen LogP) is 3.64. The third kappa shape index (κ3) is 2.79. The van der Waals surface area contributed by atoms with Crippen LogP contribution in [0.15, 0.2) is 47.4 Å². The first-order chi connectivity index (χ1) is 10.1. The van der Waals surface area contributed by atoms with Gasteiger partial charge in [-0.2, -0.15) is 0 Å². The van der Waals surface area contributed by atoms with Crippen molar-refractivity contribution in [3.05, 3.63) is 58.6 Å². The highest BCUT2D eigenvalue weighted by atomic mass is 35.5. The number of hydrogen-bond acceptors (Lipinski definition) is 3. The molecular weight excluding hydrogens is 306 g/mol. The topological polar surface area (TPSA) is 40.5 Å². The Bertz CT molecular complexity index is 687. The van der Waals surface area contributed by atoms with E-state index in [0.717, 1.165) is 21.4 Å². The molecule has 21 heavy (non-hydrogen) atoms. The van der Waals surface area contributed by atoms with E-state index >= 15 is 0 Å². The average Bonchev–Trinajstić information content (AvgIpc) is 2.71. The van der Waals surface area contributed by atoms with Crippen LogP contribution < -0.4 is 4.90 Å². The zero-order valence-electron chi connectivity index (χ0n) is 11.4. The number of halogens is 1. The van der Waals surface area contributed by atoms with E-state index in [0.29, 0.717) is 5.56 Å². The highest BCUT2D eigenvalue weighted by Crippen LogP contribution is 2.38. The fourth-order valence-corrected chi connectivity index (χ4v) is 3.33. The minimum absolute atomic E-state index is 0.273. The van der Waals surface area contributed by atoms with Gasteiger partial charge in [0.15, 0.2) is 6.10 Å². The van der Waals surface area contributed by atoms with E-state index in [1.165, 1.54) is 10.5 Å². The Morgan fingerprint density at radius 1 is 1.24 bits per heavy atom. The summed E-state index contributed by atoms with van der Waals surface area (Å²) in [7, 11) is 1.69. The van der Waals surface area contributed by atoms with E-state index in [9.17, 15) is 9.90 Å². The Morgan fingerprint density at radius 2 is 1.95 bits per heavy atom. The molecule has 0 saturated heterocycles. The van der Waals surface area contributed by atoms with Crippen LogP contribution >= 0.6 is 23.4 Å². The predicted molar refractivity (Wildman–Crippen MR) is 85.8 cm³/mol. The van der Waals surface area contributed by atoms with E-state index in [-0.39, 0.29) is 5.91 Å². The fraction of sp³-hybridized carbons (Fsp3) is 0.188. The molecule has 3 nitrogen and oxygen atoms in total. The molecule has 1 unspecified atom stereocenters. The molecule has 0 bridgehead atoms. The number of amides is 1. The Balaban J connectivity index is 1.76. The number of aliphatic hydroxyl groups excluding tert-OH is 1. The lowest BCUT2D eigenvalue weighted by Gasteiger charge is -2.11. The maximum atomic E-state index is 11.7. The average molecular weight is 320 g/mol. The van der Waals surface area contributed by atoms with Crippen molar-refractivity contribution in [1.29, 1.82) is 0 Å². The molecule has 3 rings (SSSR count). The molecule has 1 amide bonds. The van der Waals surface area contributed by atoms with Gasteiger partial charge in [-0.25, -0.2) is 0 Å². The molecule has 108 valence electrons. The number of aliphatic hydroxyl groups is 1. The van der Waals surface area contributed by atoms with Gasteiger partial charge in [0.1, 0.15) is 0 Å². The Kier molecular flexibility index (Phi) is 3.93. The highest BCUT2D eigenvalue weighted by molar-refractivity contribution is 7.98. The van der Waals surface area contributed by atoms with Gasteiger partial charge in [0.25, 0.3) is 5.91 Å². The Morgan fingerprint density at radius 3 is 2.67 bits per heavy atom. The quantitative estimate of drug-likeness (QED) is 0.878. The van der Waals surface area contributed by atoms with Crippen molar-refractivity contribution in [2.75, 3.05) is 11.9 Å². The van der Waals surface area contributed by atoms with Gasteiger partial charge >= 0.3 is 0 Å². The van der Waals surface area contributed by atoms with Crippen LogP contribution in [0.2, 0.25) is 5.02 Å². The van der Waals surface area contributed by atoms with Crippen LogP contribution in [0.1, 0.15) is 17.2 Å². The third-order valence-electron chi connectivity index (χ3n) is 3.54. The fourth-order valence-electron chi connectivity index (χ4n) is 2.32. The molecule has 1 N–H and O–H groups in total. The van der Waals surface area contributed by atoms with Crippen LogP contribution in [0.25, 0.3) is 0 Å². The number of likely N-dealkylation sites (N-methyl/N-ethyl adjacent to an activating group) is 1. The molecule has 1 aliphatic rings. The summed E-state index contributed by atoms with van der Waals surface area (Å²) in [5, 5.41) is 10.6. The van der Waals surface area contributed by atoms with Crippen molar-refractivity contribution in [1.82, 2.24) is 0 Å². The number of benzene rings is 2. The number of nitrogens with zero attached hydrogens (tertiary/aromatic N) is 1. The van der Waals surface area contributed by atoms with Crippen LogP contribution in [-0.2, 0) is 10.5 Å². The second kappa shape index (κ2) is 5.72. The van der Waals surface area contributed by atoms with E-state index in [2.05, 4.69) is 0 Å². The largest absolute Gasteiger partial charge is 0.378 e. The van der Waals surface area contributed by atoms with E-state index in [1.807, 2.05) is 42.5 Å². The summed E-state index contributed by atoms with van der Waals surface area (Å²) >= 11 is 7.56. The number of thioether (sulfide) groups is 1. The van der Waals surface area contributed by atoms with Gasteiger partial charge < -0.3 is 10.0 Å². The molecule has 0 fully saturated rings. The second-order valence-corrected chi connectivity index (χ2v) is 6.42. The first kappa shape index (κ1) is 14.4. The minimum Gasteiger partial charge on any atom is -0.378 e. The van der Waals surface area contributed by atoms with Crippen molar-refractivity contribution >= 4 is 35.0 Å². The molecule has 0 aliphatic carbocycles. The minimum atomic E-state index is -1.03. The molecule has 2 aromatic carbocycles. The lowest BCUT2D eigenvalue weighted by Crippen LogP contribution is -2.23. The van der Waals surface area contributed by atoms with Crippen molar-refractivity contribution in [3.63, 3.8) is 0 Å². The maximum Gasteiger partial charge on any atom is 0.260 e. The molecule has 0 spiro atoms. The zero-order chi connectivity index (χ0) is 15.0. The first-order valence-corrected chi connectivity index (χ1v) is 7.89. The van der Waals surface area contributed by atoms with Gasteiger partial charge in [0.2, 0.25) is 0 Å². The van der Waals surface area contributed by atoms with Crippen LogP contribution in [-0.4, -0.2) is 18.1 Å². The van der Waals surface area contributed by atoms with Gasteiger partial charge in [-0.05, 0) is 29.8 Å². The Hall–Kier alpha value is -1.49. The zero-order valence-corrected chi connectivity index (χ0v) is 13.0. The lowest BCUT2D eigenvalue weighted by atomic mass is 10.1. The number of anilines is 1. The summed E-state index contributed by atoms with van der Waals surface area (Å²) in [6, 6.07) is 13.5. The number of fused-ring (bicyclic) bond motifs is 1. The molecule has 0 radical (unpaired) electrons. The van der Waals surface area contributed by atoms with Crippen LogP contribution in [0.3, 0.4) is 0 Å². The smallest absolute Gasteiger partial charge is 0.260 e. The molecule has 1 heterocycles. The second-order valence-electron chi connectivity index (χ2n) is 4.94.